The molecule has 0 fully saturated rings. The van der Waals surface area contributed by atoms with Gasteiger partial charge < -0.3 is 19.3 Å². The van der Waals surface area contributed by atoms with Gasteiger partial charge in [0, 0.05) is 23.2 Å². The summed E-state index contributed by atoms with van der Waals surface area (Å²) >= 11 is 0. The highest BCUT2D eigenvalue weighted by atomic mass is 16.5. The van der Waals surface area contributed by atoms with Gasteiger partial charge in [-0.15, -0.1) is 0 Å². The molecule has 2 aromatic carbocycles. The summed E-state index contributed by atoms with van der Waals surface area (Å²) in [5.74, 6) is 1.20. The highest BCUT2D eigenvalue weighted by molar-refractivity contribution is 5.91. The Labute approximate surface area is 284 Å². The molecule has 0 aliphatic carbocycles. The van der Waals surface area contributed by atoms with Crippen LogP contribution in [0.4, 0.5) is 0 Å². The quantitative estimate of drug-likeness (QED) is 0.192. The number of carbonyl (C=O) groups is 2. The van der Waals surface area contributed by atoms with Crippen molar-refractivity contribution in [2.24, 2.45) is 0 Å². The van der Waals surface area contributed by atoms with E-state index in [4.69, 9.17) is 14.2 Å². The maximum Gasteiger partial charge on any atom is 0.345 e. The molecular formula is C38H48N4O6. The van der Waals surface area contributed by atoms with Crippen molar-refractivity contribution in [1.29, 1.82) is 0 Å². The summed E-state index contributed by atoms with van der Waals surface area (Å²) in [4.78, 5) is 41.0. The lowest BCUT2D eigenvalue weighted by Gasteiger charge is -2.19. The lowest BCUT2D eigenvalue weighted by Crippen LogP contribution is -2.18. The van der Waals surface area contributed by atoms with Crippen LogP contribution in [0.5, 0.6) is 23.3 Å². The van der Waals surface area contributed by atoms with Gasteiger partial charge in [0.25, 0.3) is 0 Å². The molecule has 0 amide bonds. The number of carboxylic acid groups (broad SMARTS) is 1. The van der Waals surface area contributed by atoms with E-state index in [9.17, 15) is 14.7 Å². The molecule has 10 heteroatoms. The maximum atomic E-state index is 12.3. The summed E-state index contributed by atoms with van der Waals surface area (Å²) in [5.41, 5.74) is 5.77. The zero-order valence-corrected chi connectivity index (χ0v) is 30.4. The lowest BCUT2D eigenvalue weighted by molar-refractivity contribution is 0.0521. The van der Waals surface area contributed by atoms with E-state index >= 15 is 0 Å². The first-order valence-electron chi connectivity index (χ1n) is 15.9. The predicted molar refractivity (Wildman–Crippen MR) is 186 cm³/mol. The van der Waals surface area contributed by atoms with Gasteiger partial charge in [0.05, 0.1) is 6.61 Å². The first kappa shape index (κ1) is 37.6. The third-order valence-corrected chi connectivity index (χ3v) is 7.18. The molecule has 4 rings (SSSR count). The first-order valence-corrected chi connectivity index (χ1v) is 15.9. The Morgan fingerprint density at radius 1 is 0.646 bits per heavy atom. The Bertz CT molecular complexity index is 1770. The van der Waals surface area contributed by atoms with Crippen LogP contribution in [0.2, 0.25) is 0 Å². The van der Waals surface area contributed by atoms with Crippen LogP contribution >= 0.6 is 0 Å². The Morgan fingerprint density at radius 2 is 1.00 bits per heavy atom. The normalized spacial score (nSPS) is 11.4. The third-order valence-electron chi connectivity index (χ3n) is 7.18. The van der Waals surface area contributed by atoms with Crippen LogP contribution in [0, 0.1) is 41.5 Å². The van der Waals surface area contributed by atoms with Crippen LogP contribution in [0.3, 0.4) is 0 Å². The van der Waals surface area contributed by atoms with Gasteiger partial charge in [0.15, 0.2) is 0 Å². The van der Waals surface area contributed by atoms with E-state index in [1.165, 1.54) is 12.4 Å². The van der Waals surface area contributed by atoms with Crippen LogP contribution in [0.25, 0.3) is 0 Å². The molecule has 48 heavy (non-hydrogen) atoms. The maximum absolute atomic E-state index is 12.3. The predicted octanol–water partition coefficient (Wildman–Crippen LogP) is 8.86. The molecule has 0 saturated carbocycles. The van der Waals surface area contributed by atoms with Crippen molar-refractivity contribution in [3.05, 3.63) is 92.8 Å². The molecule has 2 heterocycles. The first-order chi connectivity index (χ1) is 22.2. The van der Waals surface area contributed by atoms with Crippen molar-refractivity contribution >= 4 is 11.9 Å². The molecule has 0 spiro atoms. The van der Waals surface area contributed by atoms with Crippen LogP contribution in [0.1, 0.15) is 114 Å². The highest BCUT2D eigenvalue weighted by Gasteiger charge is 2.25. The van der Waals surface area contributed by atoms with Crippen LogP contribution in [-0.4, -0.2) is 43.6 Å². The molecule has 0 atom stereocenters. The molecule has 4 aromatic rings. The molecule has 10 nitrogen and oxygen atoms in total. The second-order valence-electron chi connectivity index (χ2n) is 14.0. The minimum atomic E-state index is -1.11. The number of carbonyl (C=O) groups excluding carboxylic acids is 1. The van der Waals surface area contributed by atoms with Gasteiger partial charge in [-0.05, 0) is 70.7 Å². The minimum Gasteiger partial charge on any atom is -0.477 e. The van der Waals surface area contributed by atoms with E-state index in [1.807, 2.05) is 107 Å². The molecule has 0 unspecified atom stereocenters. The second-order valence-corrected chi connectivity index (χ2v) is 14.0. The highest BCUT2D eigenvalue weighted by Crippen LogP contribution is 2.33. The van der Waals surface area contributed by atoms with Gasteiger partial charge in [-0.25, -0.2) is 19.6 Å². The van der Waals surface area contributed by atoms with Crippen molar-refractivity contribution in [2.75, 3.05) is 6.61 Å². The monoisotopic (exact) mass is 656 g/mol. The zero-order chi connectivity index (χ0) is 36.1. The fourth-order valence-corrected chi connectivity index (χ4v) is 4.96. The number of benzene rings is 2. The van der Waals surface area contributed by atoms with Crippen molar-refractivity contribution in [3.63, 3.8) is 0 Å². The third kappa shape index (κ3) is 9.36. The molecular weight excluding hydrogens is 608 g/mol. The SMILES string of the molecule is CCOC(=O)c1cnc(C(C)(C)C)nc1Oc1c(C)cc(C)cc1C.Cc1cc(C)c(Oc2nc(C(C)(C)C)ncc2C(=O)O)c(C)c1. The summed E-state index contributed by atoms with van der Waals surface area (Å²) < 4.78 is 17.1. The number of rotatable bonds is 7. The van der Waals surface area contributed by atoms with E-state index < -0.39 is 11.9 Å². The van der Waals surface area contributed by atoms with Gasteiger partial charge in [-0.1, -0.05) is 76.9 Å². The van der Waals surface area contributed by atoms with Gasteiger partial charge in [-0.2, -0.15) is 9.97 Å². The Balaban J connectivity index is 0.000000261. The number of esters is 1. The number of aromatic carboxylic acids is 1. The van der Waals surface area contributed by atoms with E-state index in [0.29, 0.717) is 23.1 Å². The Hall–Kier alpha value is -4.86. The average molecular weight is 657 g/mol. The molecule has 0 radical (unpaired) electrons. The fourth-order valence-electron chi connectivity index (χ4n) is 4.96. The molecule has 0 saturated heterocycles. The van der Waals surface area contributed by atoms with Gasteiger partial charge in [0.2, 0.25) is 11.8 Å². The van der Waals surface area contributed by atoms with Crippen molar-refractivity contribution in [3.8, 4) is 23.3 Å². The zero-order valence-electron chi connectivity index (χ0n) is 30.4. The van der Waals surface area contributed by atoms with Crippen LogP contribution in [-0.2, 0) is 15.6 Å². The number of ether oxygens (including phenoxy) is 3. The smallest absolute Gasteiger partial charge is 0.345 e. The van der Waals surface area contributed by atoms with E-state index in [2.05, 4.69) is 19.9 Å². The minimum absolute atomic E-state index is 0.0441. The fraction of sp³-hybridized carbons (Fsp3) is 0.421. The second kappa shape index (κ2) is 14.9. The number of hydrogen-bond donors (Lipinski definition) is 1. The lowest BCUT2D eigenvalue weighted by atomic mass is 9.95. The summed E-state index contributed by atoms with van der Waals surface area (Å²) in [7, 11) is 0. The topological polar surface area (TPSA) is 134 Å². The van der Waals surface area contributed by atoms with Crippen LogP contribution in [0.15, 0.2) is 36.7 Å². The van der Waals surface area contributed by atoms with Gasteiger partial charge >= 0.3 is 11.9 Å². The van der Waals surface area contributed by atoms with Crippen molar-refractivity contribution in [1.82, 2.24) is 19.9 Å². The Morgan fingerprint density at radius 3 is 1.33 bits per heavy atom. The molecule has 256 valence electrons. The number of carboxylic acids is 1. The van der Waals surface area contributed by atoms with Gasteiger partial charge in [0.1, 0.15) is 34.3 Å². The van der Waals surface area contributed by atoms with Crippen LogP contribution < -0.4 is 9.47 Å². The summed E-state index contributed by atoms with van der Waals surface area (Å²) in [6.45, 7) is 25.8. The molecule has 2 aromatic heterocycles. The largest absolute Gasteiger partial charge is 0.477 e. The van der Waals surface area contributed by atoms with E-state index in [-0.39, 0.29) is 40.3 Å². The molecule has 0 bridgehead atoms. The number of aryl methyl sites for hydroxylation is 6. The summed E-state index contributed by atoms with van der Waals surface area (Å²) in [6, 6.07) is 8.07. The van der Waals surface area contributed by atoms with E-state index in [0.717, 1.165) is 33.4 Å². The van der Waals surface area contributed by atoms with Gasteiger partial charge in [-0.3, -0.25) is 0 Å². The van der Waals surface area contributed by atoms with E-state index in [1.54, 1.807) is 6.92 Å². The van der Waals surface area contributed by atoms with Crippen molar-refractivity contribution in [2.45, 2.75) is 101 Å². The Kier molecular flexibility index (Phi) is 11.7. The number of hydrogen-bond acceptors (Lipinski definition) is 9. The van der Waals surface area contributed by atoms with Crippen molar-refractivity contribution < 1.29 is 28.9 Å². The molecule has 0 aliphatic heterocycles. The number of aromatic nitrogens is 4. The number of nitrogens with zero attached hydrogens (tertiary/aromatic N) is 4. The standard InChI is InChI=1S/C20H26N2O3.C18H22N2O3/c1-8-24-18(23)15-11-21-19(20(5,6)7)22-17(15)25-16-13(3)9-12(2)10-14(16)4;1-10-7-11(2)14(12(3)8-10)23-15-13(16(21)22)9-19-17(20-15)18(4,5)6/h9-11H,8H2,1-7H3;7-9H,1-6H3,(H,21,22). The molecule has 0 aliphatic rings. The average Bonchev–Trinajstić information content (AvgIpc) is 2.96. The summed E-state index contributed by atoms with van der Waals surface area (Å²) in [5, 5.41) is 9.36. The summed E-state index contributed by atoms with van der Waals surface area (Å²) in [6.07, 6.45) is 2.80. The molecule has 1 N–H and O–H groups in total.